The van der Waals surface area contributed by atoms with Crippen molar-refractivity contribution in [1.82, 2.24) is 5.32 Å². The Morgan fingerprint density at radius 2 is 1.85 bits per heavy atom. The molecule has 1 atom stereocenters. The van der Waals surface area contributed by atoms with Gasteiger partial charge in [-0.1, -0.05) is 35.9 Å². The number of para-hydroxylation sites is 1. The highest BCUT2D eigenvalue weighted by Gasteiger charge is 2.20. The van der Waals surface area contributed by atoms with Crippen LogP contribution in [0.25, 0.3) is 0 Å². The molecule has 0 saturated carbocycles. The Morgan fingerprint density at radius 3 is 2.52 bits per heavy atom. The quantitative estimate of drug-likeness (QED) is 0.708. The molecule has 6 heteroatoms. The molecule has 2 aromatic carbocycles. The maximum atomic E-state index is 12.0. The largest absolute Gasteiger partial charge is 0.496 e. The fourth-order valence-corrected chi connectivity index (χ4v) is 2.78. The van der Waals surface area contributed by atoms with Gasteiger partial charge in [-0.3, -0.25) is 9.59 Å². The summed E-state index contributed by atoms with van der Waals surface area (Å²) in [5.74, 6) is -0.822. The second-order valence-corrected chi connectivity index (χ2v) is 6.41. The minimum absolute atomic E-state index is 0.0163. The Kier molecular flexibility index (Phi) is 7.23. The third-order valence-electron chi connectivity index (χ3n) is 4.24. The van der Waals surface area contributed by atoms with Crippen LogP contribution in [0.15, 0.2) is 42.5 Å². The summed E-state index contributed by atoms with van der Waals surface area (Å²) in [6.45, 7) is 3.75. The van der Waals surface area contributed by atoms with Gasteiger partial charge in [0.05, 0.1) is 13.0 Å². The zero-order valence-corrected chi connectivity index (χ0v) is 15.8. The van der Waals surface area contributed by atoms with Crippen LogP contribution in [0.3, 0.4) is 0 Å². The molecule has 0 aromatic heterocycles. The van der Waals surface area contributed by atoms with Crippen LogP contribution in [0.5, 0.6) is 11.5 Å². The van der Waals surface area contributed by atoms with Gasteiger partial charge in [0.15, 0.2) is 6.61 Å². The topological polar surface area (TPSA) is 84.9 Å². The first-order chi connectivity index (χ1) is 12.9. The number of aryl methyl sites for hydroxylation is 2. The van der Waals surface area contributed by atoms with E-state index in [4.69, 9.17) is 9.47 Å². The SMILES string of the molecule is COc1ccccc1CC(CNC(=O)COc1ccc(C)cc1C)C(=O)O. The number of carbonyl (C=O) groups is 2. The highest BCUT2D eigenvalue weighted by Crippen LogP contribution is 2.21. The third-order valence-corrected chi connectivity index (χ3v) is 4.24. The molecular weight excluding hydrogens is 346 g/mol. The lowest BCUT2D eigenvalue weighted by molar-refractivity contribution is -0.141. The van der Waals surface area contributed by atoms with Crippen molar-refractivity contribution in [3.8, 4) is 11.5 Å². The third kappa shape index (κ3) is 6.02. The number of carboxylic acids is 1. The van der Waals surface area contributed by atoms with E-state index >= 15 is 0 Å². The molecule has 0 heterocycles. The first kappa shape index (κ1) is 20.3. The molecule has 1 unspecified atom stereocenters. The van der Waals surface area contributed by atoms with Crippen LogP contribution >= 0.6 is 0 Å². The lowest BCUT2D eigenvalue weighted by Crippen LogP contribution is -2.36. The Morgan fingerprint density at radius 1 is 1.11 bits per heavy atom. The predicted molar refractivity (Wildman–Crippen MR) is 102 cm³/mol. The van der Waals surface area contributed by atoms with Crippen LogP contribution in [0.2, 0.25) is 0 Å². The number of carbonyl (C=O) groups excluding carboxylic acids is 1. The van der Waals surface area contributed by atoms with Gasteiger partial charge in [-0.15, -0.1) is 0 Å². The molecule has 27 heavy (non-hydrogen) atoms. The van der Waals surface area contributed by atoms with Crippen molar-refractivity contribution in [2.24, 2.45) is 5.92 Å². The maximum Gasteiger partial charge on any atom is 0.308 e. The van der Waals surface area contributed by atoms with Crippen molar-refractivity contribution in [3.63, 3.8) is 0 Å². The van der Waals surface area contributed by atoms with Gasteiger partial charge in [0.25, 0.3) is 5.91 Å². The number of hydrogen-bond acceptors (Lipinski definition) is 4. The second-order valence-electron chi connectivity index (χ2n) is 6.41. The van der Waals surface area contributed by atoms with E-state index in [0.29, 0.717) is 11.5 Å². The molecular formula is C21H25NO5. The molecule has 0 radical (unpaired) electrons. The van der Waals surface area contributed by atoms with Gasteiger partial charge in [0, 0.05) is 6.54 Å². The van der Waals surface area contributed by atoms with Gasteiger partial charge >= 0.3 is 5.97 Å². The molecule has 2 N–H and O–H groups in total. The summed E-state index contributed by atoms with van der Waals surface area (Å²) in [6, 6.07) is 13.0. The van der Waals surface area contributed by atoms with Crippen LogP contribution in [-0.2, 0) is 16.0 Å². The summed E-state index contributed by atoms with van der Waals surface area (Å²) >= 11 is 0. The van der Waals surface area contributed by atoms with E-state index in [0.717, 1.165) is 16.7 Å². The van der Waals surface area contributed by atoms with Crippen LogP contribution in [0.1, 0.15) is 16.7 Å². The summed E-state index contributed by atoms with van der Waals surface area (Å²) in [5, 5.41) is 12.1. The van der Waals surface area contributed by atoms with Crippen molar-refractivity contribution in [2.75, 3.05) is 20.3 Å². The Hall–Kier alpha value is -3.02. The van der Waals surface area contributed by atoms with Crippen LogP contribution < -0.4 is 14.8 Å². The average molecular weight is 371 g/mol. The normalized spacial score (nSPS) is 11.5. The molecule has 0 aliphatic heterocycles. The minimum Gasteiger partial charge on any atom is -0.496 e. The predicted octanol–water partition coefficient (Wildman–Crippen LogP) is 2.75. The van der Waals surface area contributed by atoms with Gasteiger partial charge in [0.1, 0.15) is 11.5 Å². The molecule has 144 valence electrons. The molecule has 1 amide bonds. The van der Waals surface area contributed by atoms with E-state index in [-0.39, 0.29) is 25.5 Å². The smallest absolute Gasteiger partial charge is 0.308 e. The van der Waals surface area contributed by atoms with Crippen LogP contribution in [0.4, 0.5) is 0 Å². The second kappa shape index (κ2) is 9.62. The number of benzene rings is 2. The summed E-state index contributed by atoms with van der Waals surface area (Å²) in [6.07, 6.45) is 0.261. The monoisotopic (exact) mass is 371 g/mol. The molecule has 0 fully saturated rings. The summed E-state index contributed by atoms with van der Waals surface area (Å²) in [5.41, 5.74) is 2.85. The molecule has 0 spiro atoms. The van der Waals surface area contributed by atoms with Crippen molar-refractivity contribution < 1.29 is 24.2 Å². The maximum absolute atomic E-state index is 12.0. The van der Waals surface area contributed by atoms with Crippen molar-refractivity contribution >= 4 is 11.9 Å². The first-order valence-corrected chi connectivity index (χ1v) is 8.72. The van der Waals surface area contributed by atoms with Gasteiger partial charge < -0.3 is 19.9 Å². The molecule has 0 aliphatic carbocycles. The average Bonchev–Trinajstić information content (AvgIpc) is 2.64. The summed E-state index contributed by atoms with van der Waals surface area (Å²) in [4.78, 5) is 23.6. The molecule has 0 aliphatic rings. The number of ether oxygens (including phenoxy) is 2. The lowest BCUT2D eigenvalue weighted by Gasteiger charge is -2.16. The molecule has 6 nitrogen and oxygen atoms in total. The lowest BCUT2D eigenvalue weighted by atomic mass is 9.98. The summed E-state index contributed by atoms with van der Waals surface area (Å²) < 4.78 is 10.8. The number of methoxy groups -OCH3 is 1. The molecule has 2 rings (SSSR count). The van der Waals surface area contributed by atoms with E-state index in [2.05, 4.69) is 5.32 Å². The molecule has 0 saturated heterocycles. The zero-order chi connectivity index (χ0) is 19.8. The van der Waals surface area contributed by atoms with E-state index < -0.39 is 11.9 Å². The molecule has 0 bridgehead atoms. The highest BCUT2D eigenvalue weighted by molar-refractivity contribution is 5.78. The number of nitrogens with one attached hydrogen (secondary N) is 1. The summed E-state index contributed by atoms with van der Waals surface area (Å²) in [7, 11) is 1.54. The number of rotatable bonds is 9. The van der Waals surface area contributed by atoms with Gasteiger partial charge in [-0.05, 0) is 43.5 Å². The Bertz CT molecular complexity index is 803. The van der Waals surface area contributed by atoms with Crippen molar-refractivity contribution in [3.05, 3.63) is 59.2 Å². The first-order valence-electron chi connectivity index (χ1n) is 8.72. The number of amides is 1. The van der Waals surface area contributed by atoms with E-state index in [1.165, 1.54) is 0 Å². The van der Waals surface area contributed by atoms with Crippen molar-refractivity contribution in [2.45, 2.75) is 20.3 Å². The highest BCUT2D eigenvalue weighted by atomic mass is 16.5. The van der Waals surface area contributed by atoms with Crippen LogP contribution in [-0.4, -0.2) is 37.2 Å². The Labute approximate surface area is 159 Å². The fourth-order valence-electron chi connectivity index (χ4n) is 2.78. The Balaban J connectivity index is 1.89. The zero-order valence-electron chi connectivity index (χ0n) is 15.8. The number of aliphatic carboxylic acids is 1. The van der Waals surface area contributed by atoms with Gasteiger partial charge in [-0.2, -0.15) is 0 Å². The van der Waals surface area contributed by atoms with E-state index in [9.17, 15) is 14.7 Å². The van der Waals surface area contributed by atoms with Gasteiger partial charge in [-0.25, -0.2) is 0 Å². The fraction of sp³-hybridized carbons (Fsp3) is 0.333. The van der Waals surface area contributed by atoms with Gasteiger partial charge in [0.2, 0.25) is 0 Å². The molecule has 2 aromatic rings. The standard InChI is InChI=1S/C21H25NO5/c1-14-8-9-18(15(2)10-14)27-13-20(23)22-12-17(21(24)25)11-16-6-4-5-7-19(16)26-3/h4-10,17H,11-13H2,1-3H3,(H,22,23)(H,24,25). The van der Waals surface area contributed by atoms with E-state index in [1.54, 1.807) is 13.2 Å². The number of hydrogen-bond donors (Lipinski definition) is 2. The number of carboxylic acid groups (broad SMARTS) is 1. The minimum atomic E-state index is -0.975. The van der Waals surface area contributed by atoms with Crippen molar-refractivity contribution in [1.29, 1.82) is 0 Å². The van der Waals surface area contributed by atoms with E-state index in [1.807, 2.05) is 50.2 Å². The van der Waals surface area contributed by atoms with Crippen LogP contribution in [0, 0.1) is 19.8 Å².